The van der Waals surface area contributed by atoms with E-state index >= 15 is 0 Å². The van der Waals surface area contributed by atoms with Gasteiger partial charge in [0.15, 0.2) is 6.29 Å². The Bertz CT molecular complexity index is 499. The maximum atomic E-state index is 9.41. The molecule has 1 aromatic rings. The lowest BCUT2D eigenvalue weighted by Crippen LogP contribution is -2.32. The number of hydrogen-bond donors (Lipinski definition) is 0. The maximum Gasteiger partial charge on any atom is 0.184 e. The lowest BCUT2D eigenvalue weighted by Gasteiger charge is -2.36. The fourth-order valence-electron chi connectivity index (χ4n) is 2.57. The van der Waals surface area contributed by atoms with E-state index in [1.807, 2.05) is 12.1 Å². The molecule has 2 aliphatic rings. The zero-order valence-electron chi connectivity index (χ0n) is 9.99. The van der Waals surface area contributed by atoms with Gasteiger partial charge in [-0.2, -0.15) is 5.26 Å². The molecular formula is C14H14BrNO2. The van der Waals surface area contributed by atoms with Gasteiger partial charge in [0.05, 0.1) is 24.7 Å². The number of rotatable bonds is 2. The van der Waals surface area contributed by atoms with Crippen molar-refractivity contribution in [3.63, 3.8) is 0 Å². The van der Waals surface area contributed by atoms with E-state index in [2.05, 4.69) is 28.1 Å². The molecule has 3 nitrogen and oxygen atoms in total. The Balaban J connectivity index is 1.98. The molecule has 2 fully saturated rings. The third kappa shape index (κ3) is 1.97. The van der Waals surface area contributed by atoms with Gasteiger partial charge in [0.25, 0.3) is 0 Å². The third-order valence-electron chi connectivity index (χ3n) is 3.79. The van der Waals surface area contributed by atoms with Crippen molar-refractivity contribution in [1.82, 2.24) is 0 Å². The molecule has 4 heteroatoms. The van der Waals surface area contributed by atoms with E-state index in [-0.39, 0.29) is 11.7 Å². The van der Waals surface area contributed by atoms with E-state index in [4.69, 9.17) is 9.47 Å². The molecule has 0 aromatic heterocycles. The minimum atomic E-state index is -0.295. The zero-order valence-corrected chi connectivity index (χ0v) is 11.6. The highest BCUT2D eigenvalue weighted by molar-refractivity contribution is 9.10. The van der Waals surface area contributed by atoms with Crippen molar-refractivity contribution in [1.29, 1.82) is 5.26 Å². The van der Waals surface area contributed by atoms with E-state index < -0.39 is 0 Å². The Morgan fingerprint density at radius 3 is 2.50 bits per heavy atom. The largest absolute Gasteiger partial charge is 0.346 e. The lowest BCUT2D eigenvalue weighted by atomic mass is 9.65. The summed E-state index contributed by atoms with van der Waals surface area (Å²) >= 11 is 3.51. The summed E-state index contributed by atoms with van der Waals surface area (Å²) in [6, 6.07) is 8.58. The predicted octanol–water partition coefficient (Wildman–Crippen LogP) is 3.44. The standard InChI is InChI=1S/C14H14BrNO2/c15-12-7-10(13-17-4-5-18-13)6-11(8-12)14(9-16)2-1-3-14/h6-8,13H,1-5H2. The molecule has 1 aromatic carbocycles. The molecule has 0 bridgehead atoms. The smallest absolute Gasteiger partial charge is 0.184 e. The van der Waals surface area contributed by atoms with Crippen LogP contribution in [0.2, 0.25) is 0 Å². The van der Waals surface area contributed by atoms with Crippen molar-refractivity contribution in [3.8, 4) is 6.07 Å². The van der Waals surface area contributed by atoms with Crippen LogP contribution in [0.25, 0.3) is 0 Å². The van der Waals surface area contributed by atoms with Gasteiger partial charge in [0.2, 0.25) is 0 Å². The van der Waals surface area contributed by atoms with Crippen LogP contribution < -0.4 is 0 Å². The van der Waals surface area contributed by atoms with Gasteiger partial charge < -0.3 is 9.47 Å². The highest BCUT2D eigenvalue weighted by Crippen LogP contribution is 2.44. The van der Waals surface area contributed by atoms with Crippen molar-refractivity contribution >= 4 is 15.9 Å². The predicted molar refractivity (Wildman–Crippen MR) is 69.9 cm³/mol. The first-order valence-electron chi connectivity index (χ1n) is 6.19. The summed E-state index contributed by atoms with van der Waals surface area (Å²) in [6.45, 7) is 1.27. The molecule has 3 rings (SSSR count). The first-order valence-corrected chi connectivity index (χ1v) is 6.98. The summed E-state index contributed by atoms with van der Waals surface area (Å²) in [6.07, 6.45) is 2.75. The number of nitriles is 1. The van der Waals surface area contributed by atoms with E-state index in [0.29, 0.717) is 13.2 Å². The van der Waals surface area contributed by atoms with Crippen molar-refractivity contribution in [3.05, 3.63) is 33.8 Å². The van der Waals surface area contributed by atoms with Crippen LogP contribution in [0.15, 0.2) is 22.7 Å². The van der Waals surface area contributed by atoms with Crippen LogP contribution in [0, 0.1) is 11.3 Å². The number of ether oxygens (including phenoxy) is 2. The quantitative estimate of drug-likeness (QED) is 0.840. The second kappa shape index (κ2) is 4.65. The summed E-state index contributed by atoms with van der Waals surface area (Å²) in [7, 11) is 0. The van der Waals surface area contributed by atoms with Gasteiger partial charge in [-0.05, 0) is 43.0 Å². The molecular weight excluding hydrogens is 294 g/mol. The van der Waals surface area contributed by atoms with Crippen LogP contribution in [0.1, 0.15) is 36.7 Å². The molecule has 0 unspecified atom stereocenters. The molecule has 1 aliphatic heterocycles. The van der Waals surface area contributed by atoms with Crippen LogP contribution in [0.5, 0.6) is 0 Å². The molecule has 1 aliphatic carbocycles. The van der Waals surface area contributed by atoms with E-state index in [1.165, 1.54) is 0 Å². The second-order valence-electron chi connectivity index (χ2n) is 4.89. The Hall–Kier alpha value is -0.890. The van der Waals surface area contributed by atoms with Gasteiger partial charge in [0, 0.05) is 10.0 Å². The molecule has 1 saturated carbocycles. The van der Waals surface area contributed by atoms with Gasteiger partial charge >= 0.3 is 0 Å². The molecule has 1 saturated heterocycles. The number of nitrogens with zero attached hydrogens (tertiary/aromatic N) is 1. The summed E-state index contributed by atoms with van der Waals surface area (Å²) in [5, 5.41) is 9.41. The molecule has 0 radical (unpaired) electrons. The first kappa shape index (κ1) is 12.2. The molecule has 0 spiro atoms. The fourth-order valence-corrected chi connectivity index (χ4v) is 3.08. The average molecular weight is 308 g/mol. The van der Waals surface area contributed by atoms with Gasteiger partial charge in [-0.3, -0.25) is 0 Å². The molecule has 0 amide bonds. The first-order chi connectivity index (χ1) is 8.73. The van der Waals surface area contributed by atoms with Crippen LogP contribution >= 0.6 is 15.9 Å². The Morgan fingerprint density at radius 2 is 1.94 bits per heavy atom. The van der Waals surface area contributed by atoms with Crippen molar-refractivity contribution in [2.45, 2.75) is 31.0 Å². The molecule has 1 heterocycles. The van der Waals surface area contributed by atoms with E-state index in [1.54, 1.807) is 0 Å². The number of halogens is 1. The minimum absolute atomic E-state index is 0.280. The normalized spacial score (nSPS) is 22.4. The molecule has 0 N–H and O–H groups in total. The fraction of sp³-hybridized carbons (Fsp3) is 0.500. The highest BCUT2D eigenvalue weighted by atomic mass is 79.9. The van der Waals surface area contributed by atoms with Crippen LogP contribution in [-0.2, 0) is 14.9 Å². The third-order valence-corrected chi connectivity index (χ3v) is 4.25. The van der Waals surface area contributed by atoms with Gasteiger partial charge in [-0.1, -0.05) is 15.9 Å². The maximum absolute atomic E-state index is 9.41. The average Bonchev–Trinajstić information content (AvgIpc) is 2.81. The van der Waals surface area contributed by atoms with Crippen molar-refractivity contribution < 1.29 is 9.47 Å². The minimum Gasteiger partial charge on any atom is -0.346 e. The SMILES string of the molecule is N#CC1(c2cc(Br)cc(C3OCCO3)c2)CCC1. The van der Waals surface area contributed by atoms with Crippen LogP contribution in [0.3, 0.4) is 0 Å². The topological polar surface area (TPSA) is 42.2 Å². The van der Waals surface area contributed by atoms with Crippen LogP contribution in [-0.4, -0.2) is 13.2 Å². The summed E-state index contributed by atoms with van der Waals surface area (Å²) in [5.41, 5.74) is 1.79. The summed E-state index contributed by atoms with van der Waals surface area (Å²) in [4.78, 5) is 0. The number of hydrogen-bond acceptors (Lipinski definition) is 3. The second-order valence-corrected chi connectivity index (χ2v) is 5.81. The monoisotopic (exact) mass is 307 g/mol. The van der Waals surface area contributed by atoms with Gasteiger partial charge in [-0.25, -0.2) is 0 Å². The zero-order chi connectivity index (χ0) is 12.6. The summed E-state index contributed by atoms with van der Waals surface area (Å²) < 4.78 is 12.0. The van der Waals surface area contributed by atoms with Crippen LogP contribution in [0.4, 0.5) is 0 Å². The van der Waals surface area contributed by atoms with Crippen molar-refractivity contribution in [2.24, 2.45) is 0 Å². The molecule has 18 heavy (non-hydrogen) atoms. The number of benzene rings is 1. The van der Waals surface area contributed by atoms with E-state index in [9.17, 15) is 5.26 Å². The van der Waals surface area contributed by atoms with Gasteiger partial charge in [0.1, 0.15) is 0 Å². The molecule has 0 atom stereocenters. The van der Waals surface area contributed by atoms with Gasteiger partial charge in [-0.15, -0.1) is 0 Å². The highest BCUT2D eigenvalue weighted by Gasteiger charge is 2.39. The lowest BCUT2D eigenvalue weighted by molar-refractivity contribution is -0.0442. The molecule has 94 valence electrons. The van der Waals surface area contributed by atoms with E-state index in [0.717, 1.165) is 34.9 Å². The Labute approximate surface area is 115 Å². The summed E-state index contributed by atoms with van der Waals surface area (Å²) in [5.74, 6) is 0. The Morgan fingerprint density at radius 1 is 1.22 bits per heavy atom. The Kier molecular flexibility index (Phi) is 3.14. The van der Waals surface area contributed by atoms with Crippen molar-refractivity contribution in [2.75, 3.05) is 13.2 Å².